The van der Waals surface area contributed by atoms with Gasteiger partial charge in [0.15, 0.2) is 0 Å². The monoisotopic (exact) mass is 218 g/mol. The van der Waals surface area contributed by atoms with Crippen LogP contribution in [0.15, 0.2) is 0 Å². The Labute approximate surface area is 86.7 Å². The molecular formula is C8H14N2O5. The Bertz CT molecular complexity index is 250. The zero-order chi connectivity index (χ0) is 12.0. The standard InChI is InChI=1S/C8H14N2O5/c1-5(9-2)8(15)10(3-6(11)12)4-7(13)14/h5,9H,3-4H2,1-2H3,(H,11,12)(H,13,14). The van der Waals surface area contributed by atoms with E-state index in [9.17, 15) is 14.4 Å². The van der Waals surface area contributed by atoms with Crippen molar-refractivity contribution in [3.05, 3.63) is 0 Å². The highest BCUT2D eigenvalue weighted by Gasteiger charge is 2.23. The van der Waals surface area contributed by atoms with Gasteiger partial charge in [-0.05, 0) is 14.0 Å². The van der Waals surface area contributed by atoms with Gasteiger partial charge in [0, 0.05) is 0 Å². The van der Waals surface area contributed by atoms with Crippen molar-refractivity contribution < 1.29 is 24.6 Å². The van der Waals surface area contributed by atoms with Gasteiger partial charge >= 0.3 is 11.9 Å². The van der Waals surface area contributed by atoms with Gasteiger partial charge in [0.25, 0.3) is 0 Å². The Hall–Kier alpha value is -1.63. The fourth-order valence-corrected chi connectivity index (χ4v) is 0.936. The maximum Gasteiger partial charge on any atom is 0.323 e. The molecule has 7 heteroatoms. The number of carboxylic acids is 2. The van der Waals surface area contributed by atoms with E-state index in [2.05, 4.69) is 5.32 Å². The lowest BCUT2D eigenvalue weighted by atomic mass is 10.3. The molecule has 1 unspecified atom stereocenters. The van der Waals surface area contributed by atoms with Crippen LogP contribution in [0.3, 0.4) is 0 Å². The van der Waals surface area contributed by atoms with Crippen molar-refractivity contribution in [3.8, 4) is 0 Å². The number of carboxylic acid groups (broad SMARTS) is 2. The van der Waals surface area contributed by atoms with Crippen molar-refractivity contribution in [1.82, 2.24) is 10.2 Å². The number of carbonyl (C=O) groups excluding carboxylic acids is 1. The molecule has 1 atom stereocenters. The summed E-state index contributed by atoms with van der Waals surface area (Å²) < 4.78 is 0. The highest BCUT2D eigenvalue weighted by atomic mass is 16.4. The first kappa shape index (κ1) is 13.4. The predicted octanol–water partition coefficient (Wildman–Crippen LogP) is -1.41. The van der Waals surface area contributed by atoms with E-state index in [4.69, 9.17) is 10.2 Å². The molecule has 0 heterocycles. The third-order valence-electron chi connectivity index (χ3n) is 1.77. The number of nitrogens with zero attached hydrogens (tertiary/aromatic N) is 1. The number of amides is 1. The minimum Gasteiger partial charge on any atom is -0.480 e. The van der Waals surface area contributed by atoms with Gasteiger partial charge in [0.1, 0.15) is 13.1 Å². The Kier molecular flexibility index (Phi) is 5.32. The Morgan fingerprint density at radius 1 is 1.20 bits per heavy atom. The number of hydrogen-bond donors (Lipinski definition) is 3. The van der Waals surface area contributed by atoms with E-state index in [0.717, 1.165) is 4.90 Å². The van der Waals surface area contributed by atoms with Crippen molar-refractivity contribution in [1.29, 1.82) is 0 Å². The van der Waals surface area contributed by atoms with Crippen molar-refractivity contribution >= 4 is 17.8 Å². The minimum atomic E-state index is -1.24. The molecule has 0 aliphatic heterocycles. The lowest BCUT2D eigenvalue weighted by Crippen LogP contribution is -2.47. The molecule has 86 valence electrons. The number of aliphatic carboxylic acids is 2. The molecule has 0 aromatic rings. The maximum atomic E-state index is 11.5. The third-order valence-corrected chi connectivity index (χ3v) is 1.77. The fourth-order valence-electron chi connectivity index (χ4n) is 0.936. The van der Waals surface area contributed by atoms with Crippen LogP contribution in [-0.2, 0) is 14.4 Å². The largest absolute Gasteiger partial charge is 0.480 e. The summed E-state index contributed by atoms with van der Waals surface area (Å²) in [4.78, 5) is 33.1. The average molecular weight is 218 g/mol. The lowest BCUT2D eigenvalue weighted by Gasteiger charge is -2.21. The third kappa shape index (κ3) is 4.96. The highest BCUT2D eigenvalue weighted by Crippen LogP contribution is 1.95. The smallest absolute Gasteiger partial charge is 0.323 e. The molecule has 0 aliphatic rings. The van der Waals surface area contributed by atoms with Crippen LogP contribution in [0.4, 0.5) is 0 Å². The van der Waals surface area contributed by atoms with E-state index in [-0.39, 0.29) is 0 Å². The Morgan fingerprint density at radius 3 is 1.87 bits per heavy atom. The molecule has 0 aliphatic carbocycles. The van der Waals surface area contributed by atoms with E-state index in [1.165, 1.54) is 14.0 Å². The zero-order valence-corrected chi connectivity index (χ0v) is 8.56. The van der Waals surface area contributed by atoms with Crippen LogP contribution in [-0.4, -0.2) is 59.1 Å². The van der Waals surface area contributed by atoms with Gasteiger partial charge in [0.05, 0.1) is 6.04 Å². The molecule has 15 heavy (non-hydrogen) atoms. The highest BCUT2D eigenvalue weighted by molar-refractivity contribution is 5.88. The van der Waals surface area contributed by atoms with Crippen molar-refractivity contribution in [3.63, 3.8) is 0 Å². The number of likely N-dealkylation sites (N-methyl/N-ethyl adjacent to an activating group) is 1. The fraction of sp³-hybridized carbons (Fsp3) is 0.625. The van der Waals surface area contributed by atoms with Crippen LogP contribution < -0.4 is 5.32 Å². The van der Waals surface area contributed by atoms with Gasteiger partial charge in [-0.15, -0.1) is 0 Å². The molecule has 0 fully saturated rings. The molecule has 0 aromatic heterocycles. The molecule has 0 aromatic carbocycles. The molecule has 7 nitrogen and oxygen atoms in total. The van der Waals surface area contributed by atoms with E-state index in [1.807, 2.05) is 0 Å². The van der Waals surface area contributed by atoms with Crippen LogP contribution in [0.2, 0.25) is 0 Å². The summed E-state index contributed by atoms with van der Waals surface area (Å²) in [5.74, 6) is -3.04. The summed E-state index contributed by atoms with van der Waals surface area (Å²) in [6.45, 7) is 0.299. The number of carbonyl (C=O) groups is 3. The second kappa shape index (κ2) is 5.97. The summed E-state index contributed by atoms with van der Waals surface area (Å²) in [5.41, 5.74) is 0. The Morgan fingerprint density at radius 2 is 1.60 bits per heavy atom. The van der Waals surface area contributed by atoms with Crippen LogP contribution in [0.1, 0.15) is 6.92 Å². The second-order valence-electron chi connectivity index (χ2n) is 2.99. The molecule has 0 radical (unpaired) electrons. The normalized spacial score (nSPS) is 11.9. The summed E-state index contributed by atoms with van der Waals surface area (Å²) in [7, 11) is 1.53. The minimum absolute atomic E-state index is 0.553. The van der Waals surface area contributed by atoms with Crippen LogP contribution in [0.5, 0.6) is 0 Å². The topological polar surface area (TPSA) is 107 Å². The first-order chi connectivity index (χ1) is 6.88. The molecule has 1 amide bonds. The van der Waals surface area contributed by atoms with Gasteiger partial charge < -0.3 is 20.4 Å². The van der Waals surface area contributed by atoms with Crippen molar-refractivity contribution in [2.75, 3.05) is 20.1 Å². The lowest BCUT2D eigenvalue weighted by molar-refractivity contribution is -0.150. The SMILES string of the molecule is CNC(C)C(=O)N(CC(=O)O)CC(=O)O. The Balaban J connectivity index is 4.53. The summed E-state index contributed by atoms with van der Waals surface area (Å²) in [5, 5.41) is 19.6. The van der Waals surface area contributed by atoms with Crippen LogP contribution >= 0.6 is 0 Å². The number of rotatable bonds is 6. The van der Waals surface area contributed by atoms with E-state index >= 15 is 0 Å². The summed E-state index contributed by atoms with van der Waals surface area (Å²) in [6.07, 6.45) is 0. The van der Waals surface area contributed by atoms with Gasteiger partial charge in [0.2, 0.25) is 5.91 Å². The second-order valence-corrected chi connectivity index (χ2v) is 2.99. The molecule has 3 N–H and O–H groups in total. The number of hydrogen-bond acceptors (Lipinski definition) is 4. The van der Waals surface area contributed by atoms with Crippen molar-refractivity contribution in [2.24, 2.45) is 0 Å². The van der Waals surface area contributed by atoms with E-state index < -0.39 is 37.0 Å². The number of nitrogens with one attached hydrogen (secondary N) is 1. The summed E-state index contributed by atoms with van der Waals surface area (Å²) >= 11 is 0. The average Bonchev–Trinajstić information content (AvgIpc) is 2.13. The van der Waals surface area contributed by atoms with Gasteiger partial charge in [-0.25, -0.2) is 0 Å². The van der Waals surface area contributed by atoms with Crippen molar-refractivity contribution in [2.45, 2.75) is 13.0 Å². The molecule has 0 rings (SSSR count). The van der Waals surface area contributed by atoms with Crippen LogP contribution in [0.25, 0.3) is 0 Å². The molecule has 0 spiro atoms. The molecule has 0 saturated heterocycles. The van der Waals surface area contributed by atoms with Gasteiger partial charge in [-0.2, -0.15) is 0 Å². The van der Waals surface area contributed by atoms with E-state index in [1.54, 1.807) is 0 Å². The van der Waals surface area contributed by atoms with Gasteiger partial charge in [-0.1, -0.05) is 0 Å². The zero-order valence-electron chi connectivity index (χ0n) is 8.56. The first-order valence-corrected chi connectivity index (χ1v) is 4.28. The first-order valence-electron chi connectivity index (χ1n) is 4.28. The molecule has 0 saturated carbocycles. The molecule has 0 bridgehead atoms. The van der Waals surface area contributed by atoms with E-state index in [0.29, 0.717) is 0 Å². The van der Waals surface area contributed by atoms with Crippen LogP contribution in [0, 0.1) is 0 Å². The quantitative estimate of drug-likeness (QED) is 0.505. The predicted molar refractivity (Wildman–Crippen MR) is 50.4 cm³/mol. The maximum absolute atomic E-state index is 11.5. The summed E-state index contributed by atoms with van der Waals surface area (Å²) in [6, 6.07) is -0.608. The molecular weight excluding hydrogens is 204 g/mol. The van der Waals surface area contributed by atoms with Gasteiger partial charge in [-0.3, -0.25) is 14.4 Å².